The number of nitrogens with one attached hydrogen (secondary N) is 1. The molecule has 0 amide bonds. The second-order valence-corrected chi connectivity index (χ2v) is 5.09. The third-order valence-corrected chi connectivity index (χ3v) is 3.71. The molecule has 0 saturated heterocycles. The maximum atomic E-state index is 11.4. The van der Waals surface area contributed by atoms with Crippen LogP contribution in [-0.2, 0) is 4.74 Å². The average Bonchev–Trinajstić information content (AvgIpc) is 2.92. The quantitative estimate of drug-likeness (QED) is 0.733. The number of carbonyl (C=O) groups is 1. The molecule has 1 aromatic heterocycles. The third-order valence-electron chi connectivity index (χ3n) is 3.71. The lowest BCUT2D eigenvalue weighted by atomic mass is 9.96. The first-order chi connectivity index (χ1) is 11.2. The van der Waals surface area contributed by atoms with Gasteiger partial charge in [0.15, 0.2) is 5.75 Å². The average molecular weight is 311 g/mol. The molecule has 0 unspecified atom stereocenters. The number of rotatable bonds is 3. The minimum Gasteiger partial charge on any atom is -0.491 e. The number of aryl methyl sites for hydroxylation is 1. The number of aromatic nitrogens is 1. The van der Waals surface area contributed by atoms with Crippen LogP contribution in [0.1, 0.15) is 5.56 Å². The van der Waals surface area contributed by atoms with Crippen molar-refractivity contribution in [1.29, 1.82) is 0 Å². The summed E-state index contributed by atoms with van der Waals surface area (Å²) in [4.78, 5) is 14.5. The zero-order chi connectivity index (χ0) is 16.4. The number of methoxy groups -OCH3 is 2. The van der Waals surface area contributed by atoms with Crippen LogP contribution in [0.2, 0.25) is 0 Å². The van der Waals surface area contributed by atoms with Gasteiger partial charge in [0.25, 0.3) is 0 Å². The summed E-state index contributed by atoms with van der Waals surface area (Å²) in [6.07, 6.45) is -0.798. The molecule has 0 aliphatic rings. The lowest BCUT2D eigenvalue weighted by Crippen LogP contribution is -2.08. The van der Waals surface area contributed by atoms with Gasteiger partial charge in [-0.15, -0.1) is 0 Å². The highest BCUT2D eigenvalue weighted by Crippen LogP contribution is 2.43. The van der Waals surface area contributed by atoms with Gasteiger partial charge in [-0.1, -0.05) is 36.4 Å². The second-order valence-electron chi connectivity index (χ2n) is 5.09. The number of ether oxygens (including phenoxy) is 3. The molecule has 5 nitrogen and oxygen atoms in total. The van der Waals surface area contributed by atoms with Crippen molar-refractivity contribution in [1.82, 2.24) is 4.98 Å². The summed E-state index contributed by atoms with van der Waals surface area (Å²) in [5.41, 5.74) is 4.03. The Morgan fingerprint density at radius 2 is 1.78 bits per heavy atom. The molecule has 1 N–H and O–H groups in total. The molecule has 5 heteroatoms. The highest BCUT2D eigenvalue weighted by Gasteiger charge is 2.21. The fraction of sp³-hybridized carbons (Fsp3) is 0.167. The Hall–Kier alpha value is -2.95. The van der Waals surface area contributed by atoms with Crippen molar-refractivity contribution in [3.05, 3.63) is 48.0 Å². The van der Waals surface area contributed by atoms with Crippen LogP contribution in [0.5, 0.6) is 11.6 Å². The SMILES string of the molecule is COC(=O)Oc1[nH]c2ccc(C)c(-c3ccccc3)c2c1OC. The van der Waals surface area contributed by atoms with Gasteiger partial charge in [0.2, 0.25) is 5.88 Å². The maximum Gasteiger partial charge on any atom is 0.514 e. The van der Waals surface area contributed by atoms with Gasteiger partial charge in [-0.3, -0.25) is 0 Å². The molecule has 0 saturated carbocycles. The minimum absolute atomic E-state index is 0.233. The van der Waals surface area contributed by atoms with Crippen LogP contribution in [0, 0.1) is 6.92 Å². The molecule has 3 rings (SSSR count). The highest BCUT2D eigenvalue weighted by atomic mass is 16.7. The van der Waals surface area contributed by atoms with Crippen LogP contribution in [-0.4, -0.2) is 25.4 Å². The molecule has 3 aromatic rings. The van der Waals surface area contributed by atoms with Crippen LogP contribution >= 0.6 is 0 Å². The van der Waals surface area contributed by atoms with Crippen molar-refractivity contribution >= 4 is 17.1 Å². The number of hydrogen-bond acceptors (Lipinski definition) is 4. The number of carbonyl (C=O) groups excluding carboxylic acids is 1. The molecule has 0 aliphatic carbocycles. The van der Waals surface area contributed by atoms with Gasteiger partial charge in [0.05, 0.1) is 25.1 Å². The topological polar surface area (TPSA) is 60.5 Å². The van der Waals surface area contributed by atoms with E-state index in [9.17, 15) is 4.79 Å². The van der Waals surface area contributed by atoms with Gasteiger partial charge >= 0.3 is 6.16 Å². The monoisotopic (exact) mass is 311 g/mol. The first-order valence-electron chi connectivity index (χ1n) is 7.16. The maximum absolute atomic E-state index is 11.4. The summed E-state index contributed by atoms with van der Waals surface area (Å²) in [6, 6.07) is 14.0. The van der Waals surface area contributed by atoms with Crippen LogP contribution in [0.25, 0.3) is 22.0 Å². The van der Waals surface area contributed by atoms with Gasteiger partial charge in [0, 0.05) is 0 Å². The minimum atomic E-state index is -0.798. The Morgan fingerprint density at radius 1 is 1.04 bits per heavy atom. The number of benzene rings is 2. The molecular formula is C18H17NO4. The van der Waals surface area contributed by atoms with Crippen LogP contribution in [0.4, 0.5) is 4.79 Å². The molecule has 0 radical (unpaired) electrons. The summed E-state index contributed by atoms with van der Waals surface area (Å²) in [7, 11) is 2.81. The predicted octanol–water partition coefficient (Wildman–Crippen LogP) is 4.30. The van der Waals surface area contributed by atoms with E-state index in [1.807, 2.05) is 49.4 Å². The van der Waals surface area contributed by atoms with E-state index in [0.29, 0.717) is 5.75 Å². The van der Waals surface area contributed by atoms with Crippen molar-refractivity contribution in [3.63, 3.8) is 0 Å². The molecular weight excluding hydrogens is 294 g/mol. The molecule has 23 heavy (non-hydrogen) atoms. The van der Waals surface area contributed by atoms with Gasteiger partial charge in [-0.05, 0) is 29.7 Å². The Labute approximate surface area is 133 Å². The van der Waals surface area contributed by atoms with Gasteiger partial charge in [-0.25, -0.2) is 4.79 Å². The van der Waals surface area contributed by atoms with E-state index < -0.39 is 6.16 Å². The Kier molecular flexibility index (Phi) is 3.93. The summed E-state index contributed by atoms with van der Waals surface area (Å²) in [5, 5.41) is 0.873. The van der Waals surface area contributed by atoms with Crippen molar-refractivity contribution < 1.29 is 19.0 Å². The Balaban J connectivity index is 2.28. The first-order valence-corrected chi connectivity index (χ1v) is 7.16. The van der Waals surface area contributed by atoms with Crippen LogP contribution < -0.4 is 9.47 Å². The zero-order valence-corrected chi connectivity index (χ0v) is 13.2. The third kappa shape index (κ3) is 2.61. The van der Waals surface area contributed by atoms with Gasteiger partial charge < -0.3 is 19.2 Å². The first kappa shape index (κ1) is 15.0. The summed E-state index contributed by atoms with van der Waals surface area (Å²) < 4.78 is 15.2. The number of H-pyrrole nitrogens is 1. The van der Waals surface area contributed by atoms with Gasteiger partial charge in [0.1, 0.15) is 0 Å². The van der Waals surface area contributed by atoms with Gasteiger partial charge in [-0.2, -0.15) is 0 Å². The van der Waals surface area contributed by atoms with E-state index in [2.05, 4.69) is 9.72 Å². The largest absolute Gasteiger partial charge is 0.514 e. The van der Waals surface area contributed by atoms with Crippen LogP contribution in [0.15, 0.2) is 42.5 Å². The summed E-state index contributed by atoms with van der Waals surface area (Å²) in [5.74, 6) is 0.713. The van der Waals surface area contributed by atoms with Crippen molar-refractivity contribution in [2.45, 2.75) is 6.92 Å². The Morgan fingerprint density at radius 3 is 2.43 bits per heavy atom. The van der Waals surface area contributed by atoms with Crippen molar-refractivity contribution in [2.75, 3.05) is 14.2 Å². The molecule has 0 bridgehead atoms. The standard InChI is InChI=1S/C18H17NO4/c1-11-9-10-13-15(14(11)12-7-5-4-6-8-12)16(21-2)17(19-13)23-18(20)22-3/h4-10,19H,1-3H3. The summed E-state index contributed by atoms with van der Waals surface area (Å²) in [6.45, 7) is 2.04. The highest BCUT2D eigenvalue weighted by molar-refractivity contribution is 6.03. The lowest BCUT2D eigenvalue weighted by molar-refractivity contribution is 0.118. The number of fused-ring (bicyclic) bond motifs is 1. The molecule has 0 aliphatic heterocycles. The van der Waals surface area contributed by atoms with Crippen molar-refractivity contribution in [2.24, 2.45) is 0 Å². The number of aromatic amines is 1. The van der Waals surface area contributed by atoms with E-state index in [-0.39, 0.29) is 5.88 Å². The van der Waals surface area contributed by atoms with Crippen LogP contribution in [0.3, 0.4) is 0 Å². The fourth-order valence-electron chi connectivity index (χ4n) is 2.71. The summed E-state index contributed by atoms with van der Waals surface area (Å²) >= 11 is 0. The fourth-order valence-corrected chi connectivity index (χ4v) is 2.71. The zero-order valence-electron chi connectivity index (χ0n) is 13.2. The smallest absolute Gasteiger partial charge is 0.491 e. The molecule has 0 fully saturated rings. The van der Waals surface area contributed by atoms with E-state index in [1.165, 1.54) is 7.11 Å². The molecule has 2 aromatic carbocycles. The predicted molar refractivity (Wildman–Crippen MR) is 88.1 cm³/mol. The second kappa shape index (κ2) is 6.04. The Bertz CT molecular complexity index is 852. The van der Waals surface area contributed by atoms with E-state index in [4.69, 9.17) is 9.47 Å². The van der Waals surface area contributed by atoms with E-state index >= 15 is 0 Å². The van der Waals surface area contributed by atoms with E-state index in [1.54, 1.807) is 7.11 Å². The lowest BCUT2D eigenvalue weighted by Gasteiger charge is -2.10. The molecule has 118 valence electrons. The molecule has 0 spiro atoms. The number of hydrogen-bond donors (Lipinski definition) is 1. The molecule has 1 heterocycles. The molecule has 0 atom stereocenters. The normalized spacial score (nSPS) is 10.6. The van der Waals surface area contributed by atoms with E-state index in [0.717, 1.165) is 27.6 Å². The van der Waals surface area contributed by atoms with Crippen molar-refractivity contribution in [3.8, 4) is 22.8 Å².